The first-order valence-corrected chi connectivity index (χ1v) is 9.02. The van der Waals surface area contributed by atoms with Crippen LogP contribution >= 0.6 is 0 Å². The summed E-state index contributed by atoms with van der Waals surface area (Å²) < 4.78 is 5.83. The molecule has 1 aromatic heterocycles. The predicted octanol–water partition coefficient (Wildman–Crippen LogP) is 6.13. The molecule has 29 heavy (non-hydrogen) atoms. The molecule has 0 atom stereocenters. The maximum Gasteiger partial charge on any atom is 0.276 e. The molecule has 6 nitrogen and oxygen atoms in total. The first-order valence-electron chi connectivity index (χ1n) is 9.02. The van der Waals surface area contributed by atoms with Gasteiger partial charge in [-0.15, -0.1) is 0 Å². The summed E-state index contributed by atoms with van der Waals surface area (Å²) >= 11 is 0. The van der Waals surface area contributed by atoms with Crippen molar-refractivity contribution in [2.45, 2.75) is 6.92 Å². The van der Waals surface area contributed by atoms with Gasteiger partial charge in [0.2, 0.25) is 5.89 Å². The fraction of sp³-hybridized carbons (Fsp3) is 0.0435. The Bertz CT molecular complexity index is 1240. The molecule has 4 aromatic rings. The Morgan fingerprint density at radius 3 is 2.66 bits per heavy atom. The van der Waals surface area contributed by atoms with Crippen LogP contribution in [-0.2, 0) is 0 Å². The molecule has 3 aromatic carbocycles. The Morgan fingerprint density at radius 1 is 1.07 bits per heavy atom. The van der Waals surface area contributed by atoms with Crippen LogP contribution in [0.3, 0.4) is 0 Å². The van der Waals surface area contributed by atoms with E-state index in [0.29, 0.717) is 22.7 Å². The van der Waals surface area contributed by atoms with Crippen LogP contribution in [0.25, 0.3) is 28.6 Å². The van der Waals surface area contributed by atoms with Crippen LogP contribution < -0.4 is 0 Å². The number of nitro groups is 1. The van der Waals surface area contributed by atoms with Crippen LogP contribution in [0.1, 0.15) is 11.1 Å². The van der Waals surface area contributed by atoms with Crippen molar-refractivity contribution in [2.24, 2.45) is 4.99 Å². The third kappa shape index (κ3) is 4.11. The lowest BCUT2D eigenvalue weighted by Crippen LogP contribution is -1.90. The zero-order valence-corrected chi connectivity index (χ0v) is 15.6. The van der Waals surface area contributed by atoms with E-state index in [1.807, 2.05) is 49.4 Å². The minimum atomic E-state index is -0.402. The lowest BCUT2D eigenvalue weighted by molar-refractivity contribution is -0.385. The molecular formula is C23H17N3O3. The van der Waals surface area contributed by atoms with E-state index in [9.17, 15) is 10.1 Å². The lowest BCUT2D eigenvalue weighted by atomic mass is 10.1. The van der Waals surface area contributed by atoms with E-state index in [-0.39, 0.29) is 5.69 Å². The highest BCUT2D eigenvalue weighted by Crippen LogP contribution is 2.27. The maximum absolute atomic E-state index is 11.0. The molecule has 0 spiro atoms. The van der Waals surface area contributed by atoms with Crippen molar-refractivity contribution >= 4 is 34.8 Å². The first-order chi connectivity index (χ1) is 14.1. The number of benzene rings is 3. The molecule has 0 aliphatic rings. The van der Waals surface area contributed by atoms with Gasteiger partial charge in [-0.3, -0.25) is 15.1 Å². The Balaban J connectivity index is 1.54. The number of allylic oxidation sites excluding steroid dienone is 1. The summed E-state index contributed by atoms with van der Waals surface area (Å²) in [5.41, 5.74) is 4.81. The van der Waals surface area contributed by atoms with E-state index in [1.54, 1.807) is 36.6 Å². The molecule has 0 bridgehead atoms. The predicted molar refractivity (Wildman–Crippen MR) is 114 cm³/mol. The third-order valence-corrected chi connectivity index (χ3v) is 4.39. The Morgan fingerprint density at radius 2 is 1.86 bits per heavy atom. The molecular weight excluding hydrogens is 366 g/mol. The van der Waals surface area contributed by atoms with Gasteiger partial charge >= 0.3 is 0 Å². The van der Waals surface area contributed by atoms with Gasteiger partial charge in [-0.2, -0.15) is 0 Å². The molecule has 0 fully saturated rings. The fourth-order valence-corrected chi connectivity index (χ4v) is 2.89. The average Bonchev–Trinajstić information content (AvgIpc) is 3.15. The molecule has 0 saturated heterocycles. The van der Waals surface area contributed by atoms with Crippen LogP contribution in [-0.4, -0.2) is 16.1 Å². The van der Waals surface area contributed by atoms with Gasteiger partial charge in [0.15, 0.2) is 5.58 Å². The highest BCUT2D eigenvalue weighted by Gasteiger charge is 2.09. The van der Waals surface area contributed by atoms with Gasteiger partial charge in [0.05, 0.1) is 16.2 Å². The minimum absolute atomic E-state index is 0.0600. The number of para-hydroxylation sites is 1. The number of hydrogen-bond donors (Lipinski definition) is 0. The van der Waals surface area contributed by atoms with Crippen LogP contribution in [0, 0.1) is 17.0 Å². The summed E-state index contributed by atoms with van der Waals surface area (Å²) in [5, 5.41) is 11.0. The topological polar surface area (TPSA) is 81.5 Å². The number of nitrogens with zero attached hydrogens (tertiary/aromatic N) is 3. The Kier molecular flexibility index (Phi) is 4.99. The number of aryl methyl sites for hydroxylation is 1. The number of rotatable bonds is 5. The number of aliphatic imine (C=N–C) groups is 1. The summed E-state index contributed by atoms with van der Waals surface area (Å²) in [7, 11) is 0. The monoisotopic (exact) mass is 383 g/mol. The zero-order valence-electron chi connectivity index (χ0n) is 15.6. The van der Waals surface area contributed by atoms with Crippen LogP contribution in [0.5, 0.6) is 0 Å². The van der Waals surface area contributed by atoms with Crippen molar-refractivity contribution in [1.82, 2.24) is 4.98 Å². The smallest absolute Gasteiger partial charge is 0.276 e. The van der Waals surface area contributed by atoms with E-state index < -0.39 is 4.92 Å². The second-order valence-electron chi connectivity index (χ2n) is 6.49. The van der Waals surface area contributed by atoms with E-state index in [0.717, 1.165) is 11.1 Å². The van der Waals surface area contributed by atoms with E-state index in [4.69, 9.17) is 4.42 Å². The lowest BCUT2D eigenvalue weighted by Gasteiger charge is -1.95. The normalized spacial score (nSPS) is 11.6. The second-order valence-corrected chi connectivity index (χ2v) is 6.49. The van der Waals surface area contributed by atoms with Crippen molar-refractivity contribution in [3.05, 3.63) is 94.0 Å². The van der Waals surface area contributed by atoms with Crippen molar-refractivity contribution < 1.29 is 9.34 Å². The van der Waals surface area contributed by atoms with Crippen LogP contribution in [0.15, 0.2) is 82.2 Å². The van der Waals surface area contributed by atoms with E-state index in [1.165, 1.54) is 11.6 Å². The average molecular weight is 383 g/mol. The highest BCUT2D eigenvalue weighted by molar-refractivity contribution is 5.84. The quantitative estimate of drug-likeness (QED) is 0.236. The van der Waals surface area contributed by atoms with Crippen molar-refractivity contribution in [1.29, 1.82) is 0 Å². The third-order valence-electron chi connectivity index (χ3n) is 4.39. The maximum atomic E-state index is 11.0. The summed E-state index contributed by atoms with van der Waals surface area (Å²) in [5.74, 6) is 0.567. The highest BCUT2D eigenvalue weighted by atomic mass is 16.6. The number of aromatic nitrogens is 1. The van der Waals surface area contributed by atoms with Crippen molar-refractivity contribution in [3.8, 4) is 11.5 Å². The van der Waals surface area contributed by atoms with Gasteiger partial charge in [-0.25, -0.2) is 4.98 Å². The second kappa shape index (κ2) is 7.90. The van der Waals surface area contributed by atoms with E-state index >= 15 is 0 Å². The van der Waals surface area contributed by atoms with Gasteiger partial charge in [-0.05, 0) is 55.5 Å². The number of fused-ring (bicyclic) bond motifs is 1. The molecule has 0 N–H and O–H groups in total. The molecule has 1 heterocycles. The van der Waals surface area contributed by atoms with Crippen LogP contribution in [0.4, 0.5) is 11.4 Å². The Hall–Kier alpha value is -4.06. The number of oxazole rings is 1. The van der Waals surface area contributed by atoms with Gasteiger partial charge in [0.1, 0.15) is 5.52 Å². The molecule has 0 saturated carbocycles. The van der Waals surface area contributed by atoms with Gasteiger partial charge in [0.25, 0.3) is 5.69 Å². The SMILES string of the molecule is Cc1ccc(-c2nc3cc(N=CC=Cc4ccccc4[N+](=O)[O-])ccc3o2)cc1. The fourth-order valence-electron chi connectivity index (χ4n) is 2.89. The van der Waals surface area contributed by atoms with Gasteiger partial charge in [-0.1, -0.05) is 29.8 Å². The largest absolute Gasteiger partial charge is 0.436 e. The van der Waals surface area contributed by atoms with Crippen molar-refractivity contribution in [2.75, 3.05) is 0 Å². The standard InChI is InChI=1S/C23H17N3O3/c1-16-8-10-18(11-9-16)23-25-20-15-19(12-13-22(20)29-23)24-14-4-6-17-5-2-3-7-21(17)26(27)28/h2-15H,1H3. The molecule has 142 valence electrons. The van der Waals surface area contributed by atoms with Gasteiger partial charge < -0.3 is 4.42 Å². The molecule has 6 heteroatoms. The number of nitro benzene ring substituents is 1. The summed E-state index contributed by atoms with van der Waals surface area (Å²) in [6, 6.07) is 20.1. The Labute approximate surface area is 167 Å². The minimum Gasteiger partial charge on any atom is -0.436 e. The van der Waals surface area contributed by atoms with Crippen LogP contribution in [0.2, 0.25) is 0 Å². The molecule has 0 unspecified atom stereocenters. The first kappa shape index (κ1) is 18.3. The van der Waals surface area contributed by atoms with E-state index in [2.05, 4.69) is 9.98 Å². The van der Waals surface area contributed by atoms with Crippen molar-refractivity contribution in [3.63, 3.8) is 0 Å². The summed E-state index contributed by atoms with van der Waals surface area (Å²) in [6.07, 6.45) is 4.93. The summed E-state index contributed by atoms with van der Waals surface area (Å²) in [4.78, 5) is 19.6. The molecule has 0 aliphatic carbocycles. The molecule has 0 amide bonds. The molecule has 4 rings (SSSR count). The molecule has 0 radical (unpaired) electrons. The zero-order chi connectivity index (χ0) is 20.2. The number of hydrogen-bond acceptors (Lipinski definition) is 5. The van der Waals surface area contributed by atoms with Gasteiger partial charge in [0, 0.05) is 17.8 Å². The molecule has 0 aliphatic heterocycles. The summed E-state index contributed by atoms with van der Waals surface area (Å²) in [6.45, 7) is 2.03.